The molecular weight excluding hydrogens is 283 g/mol. The largest absolute Gasteiger partial charge is 0.497 e. The Labute approximate surface area is 123 Å². The number of hydrogen-bond acceptors (Lipinski definition) is 3. The van der Waals surface area contributed by atoms with E-state index in [2.05, 4.69) is 5.32 Å². The molecule has 21 heavy (non-hydrogen) atoms. The first-order chi connectivity index (χ1) is 9.91. The molecule has 0 heterocycles. The first-order valence-electron chi connectivity index (χ1n) is 6.93. The van der Waals surface area contributed by atoms with Crippen LogP contribution < -0.4 is 14.8 Å². The van der Waals surface area contributed by atoms with Crippen LogP contribution in [-0.2, 0) is 0 Å². The van der Waals surface area contributed by atoms with Gasteiger partial charge in [0.05, 0.1) is 14.2 Å². The third-order valence-corrected chi connectivity index (χ3v) is 3.17. The Morgan fingerprint density at radius 1 is 1.19 bits per heavy atom. The average molecular weight is 305 g/mol. The summed E-state index contributed by atoms with van der Waals surface area (Å²) in [5, 5.41) is 3.15. The van der Waals surface area contributed by atoms with Gasteiger partial charge in [0.15, 0.2) is 0 Å². The van der Waals surface area contributed by atoms with Crippen LogP contribution in [0.25, 0.3) is 0 Å². The molecule has 0 aromatic heterocycles. The topological polar surface area (TPSA) is 30.5 Å². The van der Waals surface area contributed by atoms with Gasteiger partial charge in [0.1, 0.15) is 11.5 Å². The minimum atomic E-state index is -4.17. The molecule has 1 unspecified atom stereocenters. The molecule has 120 valence electrons. The highest BCUT2D eigenvalue weighted by atomic mass is 19.4. The van der Waals surface area contributed by atoms with Gasteiger partial charge in [-0.1, -0.05) is 6.92 Å². The van der Waals surface area contributed by atoms with Gasteiger partial charge in [-0.25, -0.2) is 0 Å². The number of benzene rings is 1. The number of methoxy groups -OCH3 is 2. The third kappa shape index (κ3) is 5.83. The maximum absolute atomic E-state index is 12.5. The standard InChI is InChI=1S/C15H22F3NO2/c1-4-9-19-13(7-8-15(16,17)18)12-10-11(20-2)5-6-14(12)21-3/h5-6,10,13,19H,4,7-9H2,1-3H3. The minimum absolute atomic E-state index is 0.0347. The lowest BCUT2D eigenvalue weighted by Gasteiger charge is -2.22. The van der Waals surface area contributed by atoms with Crippen molar-refractivity contribution in [3.05, 3.63) is 23.8 Å². The van der Waals surface area contributed by atoms with Crippen LogP contribution >= 0.6 is 0 Å². The summed E-state index contributed by atoms with van der Waals surface area (Å²) >= 11 is 0. The Balaban J connectivity index is 2.99. The number of halogens is 3. The average Bonchev–Trinajstić information content (AvgIpc) is 2.45. The van der Waals surface area contributed by atoms with Gasteiger partial charge in [-0.15, -0.1) is 0 Å². The summed E-state index contributed by atoms with van der Waals surface area (Å²) in [7, 11) is 3.03. The zero-order valence-electron chi connectivity index (χ0n) is 12.6. The van der Waals surface area contributed by atoms with Crippen molar-refractivity contribution in [3.8, 4) is 11.5 Å². The van der Waals surface area contributed by atoms with Crippen LogP contribution in [0.3, 0.4) is 0 Å². The van der Waals surface area contributed by atoms with E-state index < -0.39 is 18.6 Å². The molecular formula is C15H22F3NO2. The van der Waals surface area contributed by atoms with Crippen molar-refractivity contribution in [1.29, 1.82) is 0 Å². The molecule has 0 radical (unpaired) electrons. The van der Waals surface area contributed by atoms with Crippen LogP contribution in [0.2, 0.25) is 0 Å². The van der Waals surface area contributed by atoms with E-state index in [9.17, 15) is 13.2 Å². The number of nitrogens with one attached hydrogen (secondary N) is 1. The van der Waals surface area contributed by atoms with Crippen molar-refractivity contribution in [2.24, 2.45) is 0 Å². The Morgan fingerprint density at radius 2 is 1.90 bits per heavy atom. The fourth-order valence-electron chi connectivity index (χ4n) is 2.11. The molecule has 0 aliphatic heterocycles. The van der Waals surface area contributed by atoms with Gasteiger partial charge in [0, 0.05) is 18.0 Å². The van der Waals surface area contributed by atoms with Crippen molar-refractivity contribution >= 4 is 0 Å². The quantitative estimate of drug-likeness (QED) is 0.785. The molecule has 1 aromatic rings. The molecule has 0 aliphatic rings. The third-order valence-electron chi connectivity index (χ3n) is 3.17. The first-order valence-corrected chi connectivity index (χ1v) is 6.93. The van der Waals surface area contributed by atoms with E-state index in [0.717, 1.165) is 6.42 Å². The molecule has 0 fully saturated rings. The normalized spacial score (nSPS) is 13.0. The fraction of sp³-hybridized carbons (Fsp3) is 0.600. The molecule has 1 rings (SSSR count). The summed E-state index contributed by atoms with van der Waals surface area (Å²) in [4.78, 5) is 0. The molecule has 6 heteroatoms. The highest BCUT2D eigenvalue weighted by Crippen LogP contribution is 2.34. The van der Waals surface area contributed by atoms with E-state index in [0.29, 0.717) is 23.6 Å². The summed E-state index contributed by atoms with van der Waals surface area (Å²) in [6, 6.07) is 4.74. The number of ether oxygens (including phenoxy) is 2. The van der Waals surface area contributed by atoms with E-state index in [1.165, 1.54) is 14.2 Å². The molecule has 1 aromatic carbocycles. The second-order valence-corrected chi connectivity index (χ2v) is 4.77. The molecule has 0 spiro atoms. The Kier molecular flexibility index (Phi) is 6.81. The van der Waals surface area contributed by atoms with E-state index in [4.69, 9.17) is 9.47 Å². The van der Waals surface area contributed by atoms with Gasteiger partial charge in [0.25, 0.3) is 0 Å². The van der Waals surface area contributed by atoms with Gasteiger partial charge in [-0.3, -0.25) is 0 Å². The van der Waals surface area contributed by atoms with Gasteiger partial charge < -0.3 is 14.8 Å². The van der Waals surface area contributed by atoms with Crippen LogP contribution in [0.4, 0.5) is 13.2 Å². The SMILES string of the molecule is CCCNC(CCC(F)(F)F)c1cc(OC)ccc1OC. The van der Waals surface area contributed by atoms with Crippen LogP contribution in [0, 0.1) is 0 Å². The molecule has 0 amide bonds. The number of rotatable bonds is 8. The predicted octanol–water partition coefficient (Wildman–Crippen LogP) is 4.09. The lowest BCUT2D eigenvalue weighted by molar-refractivity contribution is -0.136. The molecule has 1 atom stereocenters. The zero-order valence-corrected chi connectivity index (χ0v) is 12.6. The summed E-state index contributed by atoms with van der Waals surface area (Å²) in [5.74, 6) is 1.16. The lowest BCUT2D eigenvalue weighted by atomic mass is 10.00. The molecule has 0 aliphatic carbocycles. The highest BCUT2D eigenvalue weighted by molar-refractivity contribution is 5.42. The van der Waals surface area contributed by atoms with Gasteiger partial charge in [0.2, 0.25) is 0 Å². The van der Waals surface area contributed by atoms with E-state index >= 15 is 0 Å². The van der Waals surface area contributed by atoms with Crippen LogP contribution in [0.5, 0.6) is 11.5 Å². The highest BCUT2D eigenvalue weighted by Gasteiger charge is 2.29. The number of alkyl halides is 3. The maximum Gasteiger partial charge on any atom is 0.389 e. The van der Waals surface area contributed by atoms with E-state index in [1.54, 1.807) is 18.2 Å². The van der Waals surface area contributed by atoms with Gasteiger partial charge >= 0.3 is 6.18 Å². The van der Waals surface area contributed by atoms with Crippen LogP contribution in [0.1, 0.15) is 37.8 Å². The molecule has 0 saturated heterocycles. The van der Waals surface area contributed by atoms with E-state index in [1.807, 2.05) is 6.92 Å². The van der Waals surface area contributed by atoms with Crippen molar-refractivity contribution in [1.82, 2.24) is 5.32 Å². The van der Waals surface area contributed by atoms with Crippen molar-refractivity contribution in [2.75, 3.05) is 20.8 Å². The molecule has 1 N–H and O–H groups in total. The summed E-state index contributed by atoms with van der Waals surface area (Å²) in [5.41, 5.74) is 0.689. The van der Waals surface area contributed by atoms with Crippen molar-refractivity contribution in [2.45, 2.75) is 38.4 Å². The lowest BCUT2D eigenvalue weighted by Crippen LogP contribution is -2.24. The van der Waals surface area contributed by atoms with E-state index in [-0.39, 0.29) is 6.42 Å². The van der Waals surface area contributed by atoms with Crippen LogP contribution in [0.15, 0.2) is 18.2 Å². The smallest absolute Gasteiger partial charge is 0.389 e. The number of hydrogen-bond donors (Lipinski definition) is 1. The first kappa shape index (κ1) is 17.6. The molecule has 3 nitrogen and oxygen atoms in total. The van der Waals surface area contributed by atoms with Gasteiger partial charge in [-0.2, -0.15) is 13.2 Å². The van der Waals surface area contributed by atoms with Crippen molar-refractivity contribution in [3.63, 3.8) is 0 Å². The summed E-state index contributed by atoms with van der Waals surface area (Å²) < 4.78 is 47.9. The zero-order chi connectivity index (χ0) is 15.9. The van der Waals surface area contributed by atoms with Crippen LogP contribution in [-0.4, -0.2) is 26.9 Å². The molecule has 0 bridgehead atoms. The van der Waals surface area contributed by atoms with Gasteiger partial charge in [-0.05, 0) is 37.6 Å². The molecule has 0 saturated carbocycles. The van der Waals surface area contributed by atoms with Crippen molar-refractivity contribution < 1.29 is 22.6 Å². The Bertz CT molecular complexity index is 435. The summed E-state index contributed by atoms with van der Waals surface area (Å²) in [6.07, 6.45) is -4.20. The fourth-order valence-corrected chi connectivity index (χ4v) is 2.11. The monoisotopic (exact) mass is 305 g/mol. The second kappa shape index (κ2) is 8.12. The predicted molar refractivity (Wildman–Crippen MR) is 75.9 cm³/mol. The summed E-state index contributed by atoms with van der Waals surface area (Å²) in [6.45, 7) is 2.61. The maximum atomic E-state index is 12.5. The minimum Gasteiger partial charge on any atom is -0.497 e. The Hall–Kier alpha value is -1.43. The second-order valence-electron chi connectivity index (χ2n) is 4.77. The Morgan fingerprint density at radius 3 is 2.43 bits per heavy atom.